The topological polar surface area (TPSA) is 25.0 Å². The zero-order valence-electron chi connectivity index (χ0n) is 13.8. The van der Waals surface area contributed by atoms with Crippen molar-refractivity contribution in [3.63, 3.8) is 0 Å². The van der Waals surface area contributed by atoms with Crippen LogP contribution in [-0.4, -0.2) is 12.1 Å². The summed E-state index contributed by atoms with van der Waals surface area (Å²) in [6, 6.07) is 6.83. The van der Waals surface area contributed by atoms with Gasteiger partial charge in [-0.05, 0) is 67.6 Å². The van der Waals surface area contributed by atoms with Gasteiger partial charge in [-0.1, -0.05) is 11.6 Å². The first kappa shape index (κ1) is 13.4. The number of methoxy groups -OCH3 is 1. The van der Waals surface area contributed by atoms with E-state index in [9.17, 15) is 0 Å². The lowest BCUT2D eigenvalue weighted by atomic mass is 9.98. The zero-order chi connectivity index (χ0) is 15.6. The van der Waals surface area contributed by atoms with Gasteiger partial charge < -0.3 is 9.72 Å². The number of hydrogen-bond acceptors (Lipinski definition) is 1. The Morgan fingerprint density at radius 3 is 2.45 bits per heavy atom. The maximum Gasteiger partial charge on any atom is 0.124 e. The van der Waals surface area contributed by atoms with Crippen molar-refractivity contribution in [1.82, 2.24) is 4.98 Å². The Labute approximate surface area is 131 Å². The van der Waals surface area contributed by atoms with Crippen LogP contribution < -0.4 is 4.74 Å². The third-order valence-electron chi connectivity index (χ3n) is 5.02. The Kier molecular flexibility index (Phi) is 2.68. The van der Waals surface area contributed by atoms with Crippen LogP contribution in [0.2, 0.25) is 0 Å². The van der Waals surface area contributed by atoms with E-state index in [2.05, 4.69) is 50.9 Å². The van der Waals surface area contributed by atoms with E-state index in [1.807, 2.05) is 0 Å². The Hall–Kier alpha value is -2.22. The Morgan fingerprint density at radius 1 is 0.955 bits per heavy atom. The lowest BCUT2D eigenvalue weighted by molar-refractivity contribution is 0.408. The summed E-state index contributed by atoms with van der Waals surface area (Å²) in [7, 11) is 1.76. The Morgan fingerprint density at radius 2 is 1.73 bits per heavy atom. The van der Waals surface area contributed by atoms with E-state index in [4.69, 9.17) is 4.74 Å². The molecule has 0 radical (unpaired) electrons. The summed E-state index contributed by atoms with van der Waals surface area (Å²) in [6.07, 6.45) is 0.996. The summed E-state index contributed by atoms with van der Waals surface area (Å²) in [5.74, 6) is 1.03. The third kappa shape index (κ3) is 1.61. The second-order valence-electron chi connectivity index (χ2n) is 6.54. The monoisotopic (exact) mass is 291 g/mol. The molecule has 2 aromatic carbocycles. The summed E-state index contributed by atoms with van der Waals surface area (Å²) in [5, 5.41) is 1.37. The van der Waals surface area contributed by atoms with Gasteiger partial charge in [-0.15, -0.1) is 0 Å². The predicted molar refractivity (Wildman–Crippen MR) is 92.0 cm³/mol. The molecule has 1 aliphatic rings. The molecule has 0 amide bonds. The molecule has 22 heavy (non-hydrogen) atoms. The van der Waals surface area contributed by atoms with E-state index >= 15 is 0 Å². The molecule has 1 aromatic heterocycles. The quantitative estimate of drug-likeness (QED) is 0.525. The van der Waals surface area contributed by atoms with Crippen LogP contribution in [0.5, 0.6) is 5.75 Å². The average Bonchev–Trinajstić information content (AvgIpc) is 2.97. The third-order valence-corrected chi connectivity index (χ3v) is 5.02. The molecule has 2 heteroatoms. The van der Waals surface area contributed by atoms with E-state index in [1.54, 1.807) is 7.11 Å². The second kappa shape index (κ2) is 4.39. The molecule has 1 aliphatic carbocycles. The summed E-state index contributed by atoms with van der Waals surface area (Å²) < 4.78 is 5.59. The summed E-state index contributed by atoms with van der Waals surface area (Å²) in [5.41, 5.74) is 11.9. The number of fused-ring (bicyclic) bond motifs is 5. The fraction of sp³-hybridized carbons (Fsp3) is 0.300. The van der Waals surface area contributed by atoms with E-state index in [1.165, 1.54) is 55.5 Å². The van der Waals surface area contributed by atoms with Gasteiger partial charge in [-0.25, -0.2) is 0 Å². The summed E-state index contributed by atoms with van der Waals surface area (Å²) in [4.78, 5) is 3.68. The number of benzene rings is 2. The van der Waals surface area contributed by atoms with Crippen LogP contribution in [-0.2, 0) is 6.42 Å². The fourth-order valence-electron chi connectivity index (χ4n) is 4.07. The van der Waals surface area contributed by atoms with E-state index in [0.29, 0.717) is 0 Å². The van der Waals surface area contributed by atoms with Gasteiger partial charge in [0, 0.05) is 22.9 Å². The fourth-order valence-corrected chi connectivity index (χ4v) is 4.07. The SMILES string of the molecule is COc1c(C)cc2c(c1C)Cc1c-2[nH]c2c(C)cc(C)cc12. The molecule has 0 aliphatic heterocycles. The van der Waals surface area contributed by atoms with Crippen molar-refractivity contribution in [3.8, 4) is 17.0 Å². The smallest absolute Gasteiger partial charge is 0.124 e. The molecule has 0 unspecified atom stereocenters. The number of aromatic nitrogens is 1. The predicted octanol–water partition coefficient (Wildman–Crippen LogP) is 4.98. The van der Waals surface area contributed by atoms with Gasteiger partial charge in [0.05, 0.1) is 12.8 Å². The molecule has 112 valence electrons. The van der Waals surface area contributed by atoms with Crippen molar-refractivity contribution in [2.45, 2.75) is 34.1 Å². The van der Waals surface area contributed by atoms with E-state index in [-0.39, 0.29) is 0 Å². The van der Waals surface area contributed by atoms with Crippen molar-refractivity contribution < 1.29 is 4.74 Å². The molecular formula is C20H21NO. The molecule has 0 bridgehead atoms. The summed E-state index contributed by atoms with van der Waals surface area (Å²) >= 11 is 0. The van der Waals surface area contributed by atoms with Gasteiger partial charge in [0.15, 0.2) is 0 Å². The molecule has 0 saturated carbocycles. The Bertz CT molecular complexity index is 931. The largest absolute Gasteiger partial charge is 0.496 e. The highest BCUT2D eigenvalue weighted by Gasteiger charge is 2.27. The molecular weight excluding hydrogens is 270 g/mol. The first-order valence-electron chi connectivity index (χ1n) is 7.80. The maximum atomic E-state index is 5.59. The molecule has 1 heterocycles. The first-order chi connectivity index (χ1) is 10.5. The normalized spacial score (nSPS) is 12.6. The molecule has 0 fully saturated rings. The van der Waals surface area contributed by atoms with Crippen LogP contribution in [0.25, 0.3) is 22.2 Å². The molecule has 1 N–H and O–H groups in total. The maximum absolute atomic E-state index is 5.59. The van der Waals surface area contributed by atoms with E-state index < -0.39 is 0 Å². The zero-order valence-corrected chi connectivity index (χ0v) is 13.8. The Balaban J connectivity index is 2.04. The highest BCUT2D eigenvalue weighted by atomic mass is 16.5. The summed E-state index contributed by atoms with van der Waals surface area (Å²) in [6.45, 7) is 8.66. The van der Waals surface area contributed by atoms with Gasteiger partial charge in [-0.3, -0.25) is 0 Å². The molecule has 3 aromatic rings. The van der Waals surface area contributed by atoms with Gasteiger partial charge >= 0.3 is 0 Å². The molecule has 0 spiro atoms. The number of hydrogen-bond donors (Lipinski definition) is 1. The van der Waals surface area contributed by atoms with Crippen LogP contribution in [0.15, 0.2) is 18.2 Å². The number of nitrogens with one attached hydrogen (secondary N) is 1. The minimum absolute atomic E-state index is 0.996. The standard InChI is InChI=1S/C20H21NO/c1-10-6-11(2)18-15(7-10)17-9-14-13(4)20(22-5)12(3)8-16(14)19(17)21-18/h6-8,21H,9H2,1-5H3. The number of rotatable bonds is 1. The minimum Gasteiger partial charge on any atom is -0.496 e. The van der Waals surface area contributed by atoms with Gasteiger partial charge in [0.25, 0.3) is 0 Å². The molecule has 0 atom stereocenters. The highest BCUT2D eigenvalue weighted by Crippen LogP contribution is 2.45. The lowest BCUT2D eigenvalue weighted by Gasteiger charge is -2.13. The van der Waals surface area contributed by atoms with Crippen LogP contribution in [0.4, 0.5) is 0 Å². The molecule has 0 saturated heterocycles. The van der Waals surface area contributed by atoms with Crippen LogP contribution in [0, 0.1) is 27.7 Å². The molecule has 2 nitrogen and oxygen atoms in total. The number of aryl methyl sites for hydroxylation is 3. The van der Waals surface area contributed by atoms with Gasteiger partial charge in [0.1, 0.15) is 5.75 Å². The van der Waals surface area contributed by atoms with Crippen molar-refractivity contribution >= 4 is 10.9 Å². The molecule has 4 rings (SSSR count). The van der Waals surface area contributed by atoms with Crippen molar-refractivity contribution in [2.24, 2.45) is 0 Å². The van der Waals surface area contributed by atoms with Crippen LogP contribution in [0.1, 0.15) is 33.4 Å². The van der Waals surface area contributed by atoms with Crippen molar-refractivity contribution in [2.75, 3.05) is 7.11 Å². The number of aromatic amines is 1. The van der Waals surface area contributed by atoms with E-state index in [0.717, 1.165) is 12.2 Å². The van der Waals surface area contributed by atoms with Crippen molar-refractivity contribution in [3.05, 3.63) is 51.6 Å². The number of H-pyrrole nitrogens is 1. The highest BCUT2D eigenvalue weighted by molar-refractivity contribution is 5.97. The van der Waals surface area contributed by atoms with Gasteiger partial charge in [-0.2, -0.15) is 0 Å². The van der Waals surface area contributed by atoms with Crippen molar-refractivity contribution in [1.29, 1.82) is 0 Å². The van der Waals surface area contributed by atoms with Crippen LogP contribution >= 0.6 is 0 Å². The average molecular weight is 291 g/mol. The number of ether oxygens (including phenoxy) is 1. The van der Waals surface area contributed by atoms with Crippen LogP contribution in [0.3, 0.4) is 0 Å². The first-order valence-corrected chi connectivity index (χ1v) is 7.80. The second-order valence-corrected chi connectivity index (χ2v) is 6.54. The minimum atomic E-state index is 0.996. The lowest BCUT2D eigenvalue weighted by Crippen LogP contribution is -1.96. The van der Waals surface area contributed by atoms with Gasteiger partial charge in [0.2, 0.25) is 0 Å².